The van der Waals surface area contributed by atoms with Crippen molar-refractivity contribution in [1.82, 2.24) is 5.32 Å². The van der Waals surface area contributed by atoms with Crippen molar-refractivity contribution >= 4 is 35.3 Å². The topological polar surface area (TPSA) is 151 Å². The van der Waals surface area contributed by atoms with Crippen molar-refractivity contribution in [2.24, 2.45) is 0 Å². The summed E-state index contributed by atoms with van der Waals surface area (Å²) in [6.45, 7) is 0. The summed E-state index contributed by atoms with van der Waals surface area (Å²) in [5.41, 5.74) is -1.19. The standard InChI is InChI=1S/C19H15N3O8/c1-29-13-5-3-11(4-6-13)21-18(25)14(17(24)20-19(21)26)8-10-7-12(22(27)28)9-15(30-2)16(10)23/h3-9,23H,1-2H3,(H,20,24,26)/p-1/b14-8-. The van der Waals surface area contributed by atoms with E-state index in [0.717, 1.165) is 25.3 Å². The molecule has 0 bridgehead atoms. The number of urea groups is 1. The van der Waals surface area contributed by atoms with Gasteiger partial charge in [-0.15, -0.1) is 0 Å². The third kappa shape index (κ3) is 3.63. The zero-order valence-corrected chi connectivity index (χ0v) is 15.7. The first-order valence-electron chi connectivity index (χ1n) is 8.35. The summed E-state index contributed by atoms with van der Waals surface area (Å²) in [6, 6.07) is 6.74. The van der Waals surface area contributed by atoms with Crippen LogP contribution in [0.1, 0.15) is 5.56 Å². The van der Waals surface area contributed by atoms with Gasteiger partial charge in [0.25, 0.3) is 17.5 Å². The molecule has 0 aliphatic carbocycles. The van der Waals surface area contributed by atoms with Gasteiger partial charge < -0.3 is 14.6 Å². The number of anilines is 1. The van der Waals surface area contributed by atoms with Gasteiger partial charge in [-0.1, -0.05) is 5.75 Å². The summed E-state index contributed by atoms with van der Waals surface area (Å²) in [4.78, 5) is 48.4. The highest BCUT2D eigenvalue weighted by Crippen LogP contribution is 2.34. The Bertz CT molecular complexity index is 1090. The molecule has 11 nitrogen and oxygen atoms in total. The molecule has 2 aromatic carbocycles. The molecule has 0 spiro atoms. The van der Waals surface area contributed by atoms with Crippen LogP contribution in [0, 0.1) is 10.1 Å². The number of nitro groups is 1. The highest BCUT2D eigenvalue weighted by Gasteiger charge is 2.37. The molecule has 30 heavy (non-hydrogen) atoms. The molecule has 0 radical (unpaired) electrons. The molecule has 2 aromatic rings. The second kappa shape index (κ2) is 7.91. The number of ether oxygens (including phenoxy) is 2. The second-order valence-electron chi connectivity index (χ2n) is 5.98. The molecule has 0 aromatic heterocycles. The molecule has 1 N–H and O–H groups in total. The van der Waals surface area contributed by atoms with Gasteiger partial charge in [0.05, 0.1) is 30.9 Å². The summed E-state index contributed by atoms with van der Waals surface area (Å²) in [5.74, 6) is -2.65. The maximum Gasteiger partial charge on any atom is 0.335 e. The Morgan fingerprint density at radius 1 is 1.07 bits per heavy atom. The summed E-state index contributed by atoms with van der Waals surface area (Å²) in [5, 5.41) is 25.5. The molecule has 11 heteroatoms. The molecule has 0 saturated carbocycles. The van der Waals surface area contributed by atoms with Gasteiger partial charge in [0.1, 0.15) is 17.1 Å². The highest BCUT2D eigenvalue weighted by atomic mass is 16.6. The van der Waals surface area contributed by atoms with Crippen molar-refractivity contribution in [1.29, 1.82) is 0 Å². The summed E-state index contributed by atoms with van der Waals surface area (Å²) >= 11 is 0. The van der Waals surface area contributed by atoms with E-state index < -0.39 is 39.8 Å². The van der Waals surface area contributed by atoms with E-state index in [2.05, 4.69) is 0 Å². The normalized spacial score (nSPS) is 15.2. The van der Waals surface area contributed by atoms with Crippen molar-refractivity contribution in [3.8, 4) is 17.2 Å². The Morgan fingerprint density at radius 2 is 1.73 bits per heavy atom. The van der Waals surface area contributed by atoms with E-state index >= 15 is 0 Å². The predicted molar refractivity (Wildman–Crippen MR) is 101 cm³/mol. The Kier molecular flexibility index (Phi) is 5.36. The number of carbonyl (C=O) groups is 3. The van der Waals surface area contributed by atoms with Crippen molar-refractivity contribution < 1.29 is 33.9 Å². The van der Waals surface area contributed by atoms with Gasteiger partial charge in [0, 0.05) is 6.07 Å². The number of imide groups is 2. The van der Waals surface area contributed by atoms with Crippen LogP contribution in [0.2, 0.25) is 0 Å². The maximum absolute atomic E-state index is 12.9. The van der Waals surface area contributed by atoms with Crippen LogP contribution in [-0.4, -0.2) is 37.0 Å². The molecule has 4 amide bonds. The number of nitrogens with one attached hydrogen (secondary N) is 1. The molecule has 1 aliphatic heterocycles. The molecule has 1 fully saturated rings. The molecule has 0 atom stereocenters. The number of amides is 4. The van der Waals surface area contributed by atoms with Crippen LogP contribution in [0.3, 0.4) is 0 Å². The fourth-order valence-corrected chi connectivity index (χ4v) is 2.75. The van der Waals surface area contributed by atoms with Crippen molar-refractivity contribution in [2.75, 3.05) is 19.1 Å². The Hall–Kier alpha value is -4.41. The van der Waals surface area contributed by atoms with E-state index in [1.807, 2.05) is 5.32 Å². The zero-order chi connectivity index (χ0) is 22.0. The summed E-state index contributed by atoms with van der Waals surface area (Å²) < 4.78 is 9.86. The number of benzene rings is 2. The first-order chi connectivity index (χ1) is 14.3. The van der Waals surface area contributed by atoms with E-state index in [4.69, 9.17) is 9.47 Å². The molecule has 3 rings (SSSR count). The van der Waals surface area contributed by atoms with Gasteiger partial charge >= 0.3 is 6.03 Å². The van der Waals surface area contributed by atoms with Crippen LogP contribution in [-0.2, 0) is 9.59 Å². The SMILES string of the molecule is COc1ccc(N2C(=O)NC(=O)/C(=C/c3cc([N+](=O)[O-])cc(OC)c3[O-])C2=O)cc1. The van der Waals surface area contributed by atoms with Gasteiger partial charge in [-0.25, -0.2) is 9.69 Å². The number of rotatable bonds is 5. The van der Waals surface area contributed by atoms with E-state index in [9.17, 15) is 29.6 Å². The average Bonchev–Trinajstić information content (AvgIpc) is 2.72. The number of hydrogen-bond acceptors (Lipinski definition) is 8. The second-order valence-corrected chi connectivity index (χ2v) is 5.98. The number of methoxy groups -OCH3 is 2. The minimum atomic E-state index is -1.04. The van der Waals surface area contributed by atoms with Crippen LogP contribution in [0.15, 0.2) is 42.0 Å². The van der Waals surface area contributed by atoms with Crippen LogP contribution >= 0.6 is 0 Å². The lowest BCUT2D eigenvalue weighted by Crippen LogP contribution is -2.54. The minimum Gasteiger partial charge on any atom is -0.870 e. The number of nitro benzene ring substituents is 1. The Morgan fingerprint density at radius 3 is 2.30 bits per heavy atom. The fourth-order valence-electron chi connectivity index (χ4n) is 2.75. The third-order valence-electron chi connectivity index (χ3n) is 4.23. The fraction of sp³-hybridized carbons (Fsp3) is 0.105. The molecule has 0 unspecified atom stereocenters. The molecule has 1 aliphatic rings. The maximum atomic E-state index is 12.9. The number of carbonyl (C=O) groups excluding carboxylic acids is 3. The lowest BCUT2D eigenvalue weighted by molar-refractivity contribution is -0.385. The third-order valence-corrected chi connectivity index (χ3v) is 4.23. The van der Waals surface area contributed by atoms with E-state index in [1.54, 1.807) is 0 Å². The lowest BCUT2D eigenvalue weighted by atomic mass is 10.0. The van der Waals surface area contributed by atoms with Crippen LogP contribution in [0.4, 0.5) is 16.2 Å². The lowest BCUT2D eigenvalue weighted by Gasteiger charge is -2.26. The first kappa shape index (κ1) is 20.3. The Labute approximate surface area is 169 Å². The van der Waals surface area contributed by atoms with E-state index in [-0.39, 0.29) is 17.0 Å². The zero-order valence-electron chi connectivity index (χ0n) is 15.7. The van der Waals surface area contributed by atoms with Gasteiger partial charge in [-0.2, -0.15) is 0 Å². The highest BCUT2D eigenvalue weighted by molar-refractivity contribution is 6.39. The van der Waals surface area contributed by atoms with E-state index in [1.165, 1.54) is 31.4 Å². The minimum absolute atomic E-state index is 0.149. The van der Waals surface area contributed by atoms with Crippen molar-refractivity contribution in [3.63, 3.8) is 0 Å². The predicted octanol–water partition coefficient (Wildman–Crippen LogP) is 1.35. The summed E-state index contributed by atoms with van der Waals surface area (Å²) in [6.07, 6.45) is 0.887. The molecule has 1 saturated heterocycles. The van der Waals surface area contributed by atoms with Gasteiger partial charge in [-0.3, -0.25) is 25.0 Å². The van der Waals surface area contributed by atoms with Gasteiger partial charge in [0.2, 0.25) is 0 Å². The monoisotopic (exact) mass is 412 g/mol. The van der Waals surface area contributed by atoms with Gasteiger partial charge in [-0.05, 0) is 35.9 Å². The molecular formula is C19H14N3O8-. The van der Waals surface area contributed by atoms with Crippen LogP contribution < -0.4 is 24.8 Å². The molecular weight excluding hydrogens is 398 g/mol. The van der Waals surface area contributed by atoms with E-state index in [0.29, 0.717) is 10.6 Å². The number of nitrogens with zero attached hydrogens (tertiary/aromatic N) is 2. The van der Waals surface area contributed by atoms with Crippen LogP contribution in [0.5, 0.6) is 17.2 Å². The molecule has 1 heterocycles. The average molecular weight is 412 g/mol. The van der Waals surface area contributed by atoms with Crippen LogP contribution in [0.25, 0.3) is 6.08 Å². The first-order valence-corrected chi connectivity index (χ1v) is 8.35. The van der Waals surface area contributed by atoms with Crippen molar-refractivity contribution in [3.05, 3.63) is 57.6 Å². The quantitative estimate of drug-likeness (QED) is 0.334. The smallest absolute Gasteiger partial charge is 0.335 e. The van der Waals surface area contributed by atoms with Crippen molar-refractivity contribution in [2.45, 2.75) is 0 Å². The largest absolute Gasteiger partial charge is 0.870 e. The Balaban J connectivity index is 2.08. The number of barbiturate groups is 1. The molecule has 154 valence electrons. The number of non-ortho nitro benzene ring substituents is 1. The summed E-state index contributed by atoms with van der Waals surface area (Å²) in [7, 11) is 2.60. The van der Waals surface area contributed by atoms with Gasteiger partial charge in [0.15, 0.2) is 0 Å². The number of hydrogen-bond donors (Lipinski definition) is 1.